The third-order valence-corrected chi connectivity index (χ3v) is 6.23. The summed E-state index contributed by atoms with van der Waals surface area (Å²) in [6, 6.07) is 7.31. The van der Waals surface area contributed by atoms with Gasteiger partial charge in [0.15, 0.2) is 5.16 Å². The van der Waals surface area contributed by atoms with Crippen LogP contribution in [-0.2, 0) is 20.9 Å². The van der Waals surface area contributed by atoms with Gasteiger partial charge in [-0.25, -0.2) is 4.98 Å². The Labute approximate surface area is 174 Å². The number of ether oxygens (including phenoxy) is 1. The van der Waals surface area contributed by atoms with Gasteiger partial charge in [-0.15, -0.1) is 0 Å². The van der Waals surface area contributed by atoms with Gasteiger partial charge in [-0.2, -0.15) is 0 Å². The molecule has 3 rings (SSSR count). The molecule has 2 aromatic rings. The van der Waals surface area contributed by atoms with Crippen LogP contribution in [0.4, 0.5) is 0 Å². The molecule has 0 saturated carbocycles. The maximum absolute atomic E-state index is 12.9. The van der Waals surface area contributed by atoms with Crippen molar-refractivity contribution in [3.63, 3.8) is 0 Å². The SMILES string of the molecule is CCCCn1c(SCC(=O)N2CCC(C(=O)OC)CC2)nc2ccccc2c1=O. The fraction of sp³-hybridized carbons (Fsp3) is 0.524. The highest BCUT2D eigenvalue weighted by molar-refractivity contribution is 7.99. The third kappa shape index (κ3) is 4.98. The first-order chi connectivity index (χ1) is 14.0. The zero-order chi connectivity index (χ0) is 20.8. The average Bonchev–Trinajstić information content (AvgIpc) is 2.76. The van der Waals surface area contributed by atoms with Crippen molar-refractivity contribution in [2.45, 2.75) is 44.3 Å². The molecule has 2 heterocycles. The smallest absolute Gasteiger partial charge is 0.308 e. The lowest BCUT2D eigenvalue weighted by molar-refractivity contribution is -0.148. The van der Waals surface area contributed by atoms with E-state index in [-0.39, 0.29) is 29.1 Å². The predicted molar refractivity (Wildman–Crippen MR) is 113 cm³/mol. The highest BCUT2D eigenvalue weighted by Gasteiger charge is 2.28. The van der Waals surface area contributed by atoms with Crippen LogP contribution in [0, 0.1) is 5.92 Å². The number of thioether (sulfide) groups is 1. The highest BCUT2D eigenvalue weighted by Crippen LogP contribution is 2.22. The Morgan fingerprint density at radius 3 is 2.66 bits per heavy atom. The molecule has 7 nitrogen and oxygen atoms in total. The molecule has 0 spiro atoms. The minimum absolute atomic E-state index is 0.00256. The first kappa shape index (κ1) is 21.4. The minimum Gasteiger partial charge on any atom is -0.469 e. The van der Waals surface area contributed by atoms with Gasteiger partial charge in [-0.1, -0.05) is 37.2 Å². The Bertz CT molecular complexity index is 935. The van der Waals surface area contributed by atoms with Gasteiger partial charge in [-0.3, -0.25) is 19.0 Å². The lowest BCUT2D eigenvalue weighted by Crippen LogP contribution is -2.41. The Hall–Kier alpha value is -2.35. The van der Waals surface area contributed by atoms with E-state index in [1.807, 2.05) is 18.2 Å². The molecular weight excluding hydrogens is 390 g/mol. The number of hydrogen-bond acceptors (Lipinski definition) is 6. The fourth-order valence-corrected chi connectivity index (χ4v) is 4.45. The largest absolute Gasteiger partial charge is 0.469 e. The topological polar surface area (TPSA) is 81.5 Å². The second-order valence-corrected chi connectivity index (χ2v) is 8.13. The van der Waals surface area contributed by atoms with Gasteiger partial charge in [0.05, 0.1) is 29.7 Å². The molecule has 0 unspecified atom stereocenters. The predicted octanol–water partition coefficient (Wildman–Crippen LogP) is 2.70. The van der Waals surface area contributed by atoms with Crippen LogP contribution in [0.15, 0.2) is 34.2 Å². The van der Waals surface area contributed by atoms with E-state index < -0.39 is 0 Å². The first-order valence-electron chi connectivity index (χ1n) is 10.0. The summed E-state index contributed by atoms with van der Waals surface area (Å²) in [5.41, 5.74) is 0.594. The number of methoxy groups -OCH3 is 1. The van der Waals surface area contributed by atoms with E-state index in [1.165, 1.54) is 18.9 Å². The lowest BCUT2D eigenvalue weighted by Gasteiger charge is -2.30. The van der Waals surface area contributed by atoms with Crippen LogP contribution in [0.5, 0.6) is 0 Å². The number of esters is 1. The molecule has 0 atom stereocenters. The average molecular weight is 418 g/mol. The number of nitrogens with zero attached hydrogens (tertiary/aromatic N) is 3. The maximum atomic E-state index is 12.9. The molecule has 156 valence electrons. The van der Waals surface area contributed by atoms with E-state index in [4.69, 9.17) is 4.74 Å². The number of benzene rings is 1. The van der Waals surface area contributed by atoms with E-state index in [0.717, 1.165) is 12.8 Å². The van der Waals surface area contributed by atoms with E-state index in [9.17, 15) is 14.4 Å². The zero-order valence-electron chi connectivity index (χ0n) is 16.9. The molecule has 0 bridgehead atoms. The Balaban J connectivity index is 1.70. The molecule has 1 fully saturated rings. The maximum Gasteiger partial charge on any atom is 0.308 e. The fourth-order valence-electron chi connectivity index (χ4n) is 3.52. The van der Waals surface area contributed by atoms with Gasteiger partial charge in [0.1, 0.15) is 0 Å². The normalized spacial score (nSPS) is 14.9. The van der Waals surface area contributed by atoms with Crippen molar-refractivity contribution in [3.05, 3.63) is 34.6 Å². The summed E-state index contributed by atoms with van der Waals surface area (Å²) in [4.78, 5) is 43.6. The van der Waals surface area contributed by atoms with Crippen LogP contribution < -0.4 is 5.56 Å². The standard InChI is InChI=1S/C21H27N3O4S/c1-3-4-11-24-19(26)16-7-5-6-8-17(16)22-21(24)29-14-18(25)23-12-9-15(10-13-23)20(27)28-2/h5-8,15H,3-4,9-14H2,1-2H3. The molecule has 1 aliphatic rings. The highest BCUT2D eigenvalue weighted by atomic mass is 32.2. The summed E-state index contributed by atoms with van der Waals surface area (Å²) in [5, 5.41) is 1.18. The van der Waals surface area contributed by atoms with Crippen LogP contribution in [0.3, 0.4) is 0 Å². The van der Waals surface area contributed by atoms with Crippen molar-refractivity contribution in [3.8, 4) is 0 Å². The lowest BCUT2D eigenvalue weighted by atomic mass is 9.97. The molecule has 0 radical (unpaired) electrons. The van der Waals surface area contributed by atoms with Crippen LogP contribution >= 0.6 is 11.8 Å². The van der Waals surface area contributed by atoms with Gasteiger partial charge in [0.25, 0.3) is 5.56 Å². The Kier molecular flexibility index (Phi) is 7.30. The number of para-hydroxylation sites is 1. The van der Waals surface area contributed by atoms with Crippen LogP contribution in [0.1, 0.15) is 32.6 Å². The summed E-state index contributed by atoms with van der Waals surface area (Å²) >= 11 is 1.31. The van der Waals surface area contributed by atoms with Crippen LogP contribution in [0.25, 0.3) is 10.9 Å². The van der Waals surface area contributed by atoms with Gasteiger partial charge in [-0.05, 0) is 31.4 Å². The molecule has 1 aliphatic heterocycles. The van der Waals surface area contributed by atoms with Crippen LogP contribution in [0.2, 0.25) is 0 Å². The first-order valence-corrected chi connectivity index (χ1v) is 11.0. The quantitative estimate of drug-likeness (QED) is 0.391. The van der Waals surface area contributed by atoms with E-state index in [1.54, 1.807) is 15.5 Å². The van der Waals surface area contributed by atoms with Crippen molar-refractivity contribution in [2.75, 3.05) is 26.0 Å². The Morgan fingerprint density at radius 2 is 1.97 bits per heavy atom. The number of carbonyl (C=O) groups is 2. The van der Waals surface area contributed by atoms with E-state index >= 15 is 0 Å². The monoisotopic (exact) mass is 417 g/mol. The summed E-state index contributed by atoms with van der Waals surface area (Å²) < 4.78 is 6.48. The van der Waals surface area contributed by atoms with Gasteiger partial charge >= 0.3 is 5.97 Å². The van der Waals surface area contributed by atoms with Crippen LogP contribution in [-0.4, -0.2) is 52.3 Å². The molecule has 1 aromatic carbocycles. The number of rotatable bonds is 7. The summed E-state index contributed by atoms with van der Waals surface area (Å²) in [6.45, 7) is 3.77. The van der Waals surface area contributed by atoms with Crippen molar-refractivity contribution < 1.29 is 14.3 Å². The molecule has 8 heteroatoms. The zero-order valence-corrected chi connectivity index (χ0v) is 17.7. The molecule has 0 aliphatic carbocycles. The van der Waals surface area contributed by atoms with E-state index in [0.29, 0.717) is 48.5 Å². The Morgan fingerprint density at radius 1 is 1.24 bits per heavy atom. The number of aromatic nitrogens is 2. The van der Waals surface area contributed by atoms with E-state index in [2.05, 4.69) is 11.9 Å². The molecule has 1 amide bonds. The van der Waals surface area contributed by atoms with Gasteiger partial charge < -0.3 is 9.64 Å². The number of piperidine rings is 1. The number of amides is 1. The van der Waals surface area contributed by atoms with Crippen molar-refractivity contribution in [1.82, 2.24) is 14.5 Å². The molecular formula is C21H27N3O4S. The number of hydrogen-bond donors (Lipinski definition) is 0. The number of unbranched alkanes of at least 4 members (excludes halogenated alkanes) is 1. The summed E-state index contributed by atoms with van der Waals surface area (Å²) in [7, 11) is 1.39. The van der Waals surface area contributed by atoms with Crippen molar-refractivity contribution >= 4 is 34.5 Å². The van der Waals surface area contributed by atoms with Crippen molar-refractivity contribution in [1.29, 1.82) is 0 Å². The van der Waals surface area contributed by atoms with Gasteiger partial charge in [0, 0.05) is 19.6 Å². The third-order valence-electron chi connectivity index (χ3n) is 5.27. The number of carbonyl (C=O) groups excluding carboxylic acids is 2. The molecule has 1 aromatic heterocycles. The summed E-state index contributed by atoms with van der Waals surface area (Å²) in [6.07, 6.45) is 3.09. The molecule has 29 heavy (non-hydrogen) atoms. The molecule has 0 N–H and O–H groups in total. The number of fused-ring (bicyclic) bond motifs is 1. The van der Waals surface area contributed by atoms with Crippen molar-refractivity contribution in [2.24, 2.45) is 5.92 Å². The van der Waals surface area contributed by atoms with Gasteiger partial charge in [0.2, 0.25) is 5.91 Å². The second-order valence-electron chi connectivity index (χ2n) is 7.19. The minimum atomic E-state index is -0.202. The second kappa shape index (κ2) is 9.91. The molecule has 1 saturated heterocycles. The summed E-state index contributed by atoms with van der Waals surface area (Å²) in [5.74, 6) is -0.104. The number of likely N-dealkylation sites (tertiary alicyclic amines) is 1.